The molecule has 144 valence electrons. The molecule has 2 heterocycles. The van der Waals surface area contributed by atoms with Gasteiger partial charge in [0, 0.05) is 29.3 Å². The average Bonchev–Trinajstić information content (AvgIpc) is 3.29. The number of esters is 1. The summed E-state index contributed by atoms with van der Waals surface area (Å²) in [5, 5.41) is 11.0. The smallest absolute Gasteiger partial charge is 0.363 e. The number of carbonyl (C=O) groups is 1. The Hall–Kier alpha value is -3.71. The first-order valence-corrected chi connectivity index (χ1v) is 8.92. The number of rotatable bonds is 4. The molecule has 0 N–H and O–H groups in total. The molecule has 1 aromatic heterocycles. The fraction of sp³-hybridized carbons (Fsp3) is 0.0476. The van der Waals surface area contributed by atoms with Gasteiger partial charge in [-0.15, -0.1) is 0 Å². The predicted molar refractivity (Wildman–Crippen MR) is 108 cm³/mol. The van der Waals surface area contributed by atoms with E-state index in [9.17, 15) is 14.9 Å². The largest absolute Gasteiger partial charge is 0.457 e. The van der Waals surface area contributed by atoms with Crippen molar-refractivity contribution in [3.63, 3.8) is 0 Å². The molecule has 7 nitrogen and oxygen atoms in total. The molecule has 4 rings (SSSR count). The van der Waals surface area contributed by atoms with Crippen LogP contribution in [0.5, 0.6) is 0 Å². The fourth-order valence-corrected chi connectivity index (χ4v) is 3.02. The number of nitro groups is 1. The summed E-state index contributed by atoms with van der Waals surface area (Å²) in [7, 11) is 0. The second kappa shape index (κ2) is 7.37. The first-order valence-electron chi connectivity index (χ1n) is 8.54. The molecule has 0 saturated heterocycles. The van der Waals surface area contributed by atoms with Crippen molar-refractivity contribution >= 4 is 35.2 Å². The zero-order valence-electron chi connectivity index (χ0n) is 15.1. The maximum absolute atomic E-state index is 12.1. The minimum atomic E-state index is -0.577. The number of hydrogen-bond donors (Lipinski definition) is 0. The van der Waals surface area contributed by atoms with Crippen molar-refractivity contribution in [1.29, 1.82) is 0 Å². The van der Waals surface area contributed by atoms with Crippen LogP contribution in [0, 0.1) is 17.0 Å². The summed E-state index contributed by atoms with van der Waals surface area (Å²) in [6.45, 7) is 1.96. The van der Waals surface area contributed by atoms with Gasteiger partial charge in [-0.2, -0.15) is 0 Å². The Morgan fingerprint density at radius 1 is 1.10 bits per heavy atom. The highest BCUT2D eigenvalue weighted by atomic mass is 35.5. The van der Waals surface area contributed by atoms with E-state index in [1.54, 1.807) is 12.1 Å². The Labute approximate surface area is 170 Å². The monoisotopic (exact) mass is 408 g/mol. The van der Waals surface area contributed by atoms with Crippen molar-refractivity contribution in [2.75, 3.05) is 0 Å². The van der Waals surface area contributed by atoms with Gasteiger partial charge in [0.25, 0.3) is 5.69 Å². The molecule has 0 amide bonds. The highest BCUT2D eigenvalue weighted by molar-refractivity contribution is 6.33. The molecule has 0 fully saturated rings. The number of nitro benzene ring substituents is 1. The highest BCUT2D eigenvalue weighted by Gasteiger charge is 2.24. The van der Waals surface area contributed by atoms with Crippen LogP contribution in [-0.4, -0.2) is 16.8 Å². The van der Waals surface area contributed by atoms with E-state index in [0.717, 1.165) is 5.56 Å². The van der Waals surface area contributed by atoms with Gasteiger partial charge in [-0.05, 0) is 37.3 Å². The van der Waals surface area contributed by atoms with Gasteiger partial charge in [-0.3, -0.25) is 10.1 Å². The second-order valence-electron chi connectivity index (χ2n) is 6.33. The molecule has 1 aliphatic rings. The van der Waals surface area contributed by atoms with Crippen LogP contribution in [0.2, 0.25) is 5.02 Å². The summed E-state index contributed by atoms with van der Waals surface area (Å²) in [5.41, 5.74) is 2.28. The Kier molecular flexibility index (Phi) is 4.74. The Bertz CT molecular complexity index is 1190. The van der Waals surface area contributed by atoms with Crippen molar-refractivity contribution in [1.82, 2.24) is 0 Å². The molecule has 8 heteroatoms. The van der Waals surface area contributed by atoms with Crippen molar-refractivity contribution in [2.24, 2.45) is 4.99 Å². The van der Waals surface area contributed by atoms with Gasteiger partial charge in [0.15, 0.2) is 5.70 Å². The lowest BCUT2D eigenvalue weighted by atomic mass is 10.1. The minimum Gasteiger partial charge on any atom is -0.457 e. The van der Waals surface area contributed by atoms with Crippen molar-refractivity contribution < 1.29 is 18.9 Å². The van der Waals surface area contributed by atoms with Crippen LogP contribution in [0.4, 0.5) is 5.69 Å². The van der Waals surface area contributed by atoms with Crippen molar-refractivity contribution in [3.8, 4) is 11.3 Å². The third-order valence-corrected chi connectivity index (χ3v) is 4.57. The standard InChI is InChI=1S/C21H13ClN2O5/c1-12-2-4-13(5-3-12)20-23-18(21(25)29-20)11-15-7-9-19(28-15)16-8-6-14(24(26)27)10-17(16)22/h2-11H,1H3. The van der Waals surface area contributed by atoms with E-state index in [1.165, 1.54) is 24.3 Å². The van der Waals surface area contributed by atoms with Gasteiger partial charge in [0.1, 0.15) is 11.5 Å². The first kappa shape index (κ1) is 18.6. The van der Waals surface area contributed by atoms with E-state index >= 15 is 0 Å². The van der Waals surface area contributed by atoms with Crippen LogP contribution in [0.3, 0.4) is 0 Å². The molecule has 29 heavy (non-hydrogen) atoms. The topological polar surface area (TPSA) is 94.9 Å². The van der Waals surface area contributed by atoms with E-state index < -0.39 is 10.9 Å². The van der Waals surface area contributed by atoms with Gasteiger partial charge in [0.2, 0.25) is 5.90 Å². The SMILES string of the molecule is Cc1ccc(C2=NC(=Cc3ccc(-c4ccc([N+](=O)[O-])cc4Cl)o3)C(=O)O2)cc1. The molecule has 0 spiro atoms. The summed E-state index contributed by atoms with van der Waals surface area (Å²) in [4.78, 5) is 26.7. The van der Waals surface area contributed by atoms with Crippen LogP contribution in [0.1, 0.15) is 16.9 Å². The van der Waals surface area contributed by atoms with Gasteiger partial charge in [-0.25, -0.2) is 9.79 Å². The molecule has 0 aliphatic carbocycles. The van der Waals surface area contributed by atoms with Crippen LogP contribution in [-0.2, 0) is 9.53 Å². The predicted octanol–water partition coefficient (Wildman–Crippen LogP) is 5.16. The number of ether oxygens (including phenoxy) is 1. The van der Waals surface area contributed by atoms with Crippen molar-refractivity contribution in [2.45, 2.75) is 6.92 Å². The Morgan fingerprint density at radius 3 is 2.55 bits per heavy atom. The van der Waals surface area contributed by atoms with E-state index in [-0.39, 0.29) is 22.3 Å². The third kappa shape index (κ3) is 3.81. The molecule has 2 aromatic carbocycles. The van der Waals surface area contributed by atoms with Crippen LogP contribution >= 0.6 is 11.6 Å². The molecule has 0 radical (unpaired) electrons. The molecular formula is C21H13ClN2O5. The molecule has 0 saturated carbocycles. The third-order valence-electron chi connectivity index (χ3n) is 4.25. The maximum atomic E-state index is 12.1. The zero-order valence-corrected chi connectivity index (χ0v) is 15.8. The number of aryl methyl sites for hydroxylation is 1. The van der Waals surface area contributed by atoms with E-state index in [0.29, 0.717) is 22.6 Å². The summed E-state index contributed by atoms with van der Waals surface area (Å²) >= 11 is 6.13. The number of halogens is 1. The van der Waals surface area contributed by atoms with Crippen LogP contribution < -0.4 is 0 Å². The molecule has 0 bridgehead atoms. The van der Waals surface area contributed by atoms with Gasteiger partial charge >= 0.3 is 5.97 Å². The lowest BCUT2D eigenvalue weighted by molar-refractivity contribution is -0.384. The zero-order chi connectivity index (χ0) is 20.5. The lowest BCUT2D eigenvalue weighted by Gasteiger charge is -2.00. The molecule has 0 unspecified atom stereocenters. The number of cyclic esters (lactones) is 1. The summed E-state index contributed by atoms with van der Waals surface area (Å²) in [6.07, 6.45) is 1.46. The maximum Gasteiger partial charge on any atom is 0.363 e. The summed E-state index contributed by atoms with van der Waals surface area (Å²) < 4.78 is 10.9. The van der Waals surface area contributed by atoms with Gasteiger partial charge < -0.3 is 9.15 Å². The normalized spacial score (nSPS) is 14.8. The lowest BCUT2D eigenvalue weighted by Crippen LogP contribution is -2.05. The van der Waals surface area contributed by atoms with Crippen LogP contribution in [0.15, 0.2) is 69.7 Å². The number of non-ortho nitro benzene ring substituents is 1. The average molecular weight is 409 g/mol. The number of nitrogens with zero attached hydrogens (tertiary/aromatic N) is 2. The molecule has 1 aliphatic heterocycles. The van der Waals surface area contributed by atoms with Crippen molar-refractivity contribution in [3.05, 3.63) is 92.3 Å². The number of carbonyl (C=O) groups excluding carboxylic acids is 1. The highest BCUT2D eigenvalue weighted by Crippen LogP contribution is 2.33. The van der Waals surface area contributed by atoms with E-state index in [4.69, 9.17) is 20.8 Å². The molecular weight excluding hydrogens is 396 g/mol. The Morgan fingerprint density at radius 2 is 1.86 bits per heavy atom. The fourth-order valence-electron chi connectivity index (χ4n) is 2.76. The molecule has 3 aromatic rings. The van der Waals surface area contributed by atoms with Crippen LogP contribution in [0.25, 0.3) is 17.4 Å². The summed E-state index contributed by atoms with van der Waals surface area (Å²) in [5.74, 6) is 0.430. The first-order chi connectivity index (χ1) is 13.9. The number of furan rings is 1. The number of benzene rings is 2. The van der Waals surface area contributed by atoms with Gasteiger partial charge in [-0.1, -0.05) is 29.3 Å². The Balaban J connectivity index is 1.61. The molecule has 0 atom stereocenters. The number of aliphatic imine (C=N–C) groups is 1. The second-order valence-corrected chi connectivity index (χ2v) is 6.73. The van der Waals surface area contributed by atoms with Gasteiger partial charge in [0.05, 0.1) is 9.95 Å². The van der Waals surface area contributed by atoms with E-state index in [1.807, 2.05) is 31.2 Å². The quantitative estimate of drug-likeness (QED) is 0.257. The minimum absolute atomic E-state index is 0.108. The van der Waals surface area contributed by atoms with E-state index in [2.05, 4.69) is 4.99 Å². The number of hydrogen-bond acceptors (Lipinski definition) is 6. The summed E-state index contributed by atoms with van der Waals surface area (Å²) in [6, 6.07) is 14.9.